The van der Waals surface area contributed by atoms with Gasteiger partial charge in [0.15, 0.2) is 0 Å². The molecule has 2 aliphatic rings. The molecule has 1 fully saturated rings. The molecule has 21 heavy (non-hydrogen) atoms. The summed E-state index contributed by atoms with van der Waals surface area (Å²) in [6.07, 6.45) is 1.68. The van der Waals surface area contributed by atoms with Gasteiger partial charge in [-0.05, 0) is 14.1 Å². The second-order valence-electron chi connectivity index (χ2n) is 5.96. The van der Waals surface area contributed by atoms with E-state index in [1.54, 1.807) is 0 Å². The molecule has 1 saturated heterocycles. The minimum absolute atomic E-state index is 0.451. The highest BCUT2D eigenvalue weighted by Crippen LogP contribution is 2.22. The molecule has 0 aromatic carbocycles. The Bertz CT molecular complexity index is 491. The zero-order valence-electron chi connectivity index (χ0n) is 12.8. The number of rotatable bonds is 3. The summed E-state index contributed by atoms with van der Waals surface area (Å²) in [6, 6.07) is 0.451. The summed E-state index contributed by atoms with van der Waals surface area (Å²) in [6.45, 7) is 4.51. The van der Waals surface area contributed by atoms with Crippen LogP contribution in [-0.2, 0) is 24.2 Å². The molecule has 0 amide bonds. The van der Waals surface area contributed by atoms with Gasteiger partial charge >= 0.3 is 0 Å². The molecular weight excluding hydrogens is 268 g/mol. The van der Waals surface area contributed by atoms with E-state index in [0.29, 0.717) is 18.5 Å². The second-order valence-corrected chi connectivity index (χ2v) is 5.96. The molecule has 0 aliphatic carbocycles. The Kier molecular flexibility index (Phi) is 4.34. The number of piperazine rings is 1. The summed E-state index contributed by atoms with van der Waals surface area (Å²) in [5.41, 5.74) is 4.77. The van der Waals surface area contributed by atoms with Crippen LogP contribution in [0.4, 0.5) is 5.82 Å². The van der Waals surface area contributed by atoms with Crippen molar-refractivity contribution in [2.75, 3.05) is 45.8 Å². The molecule has 3 heterocycles. The molecule has 3 rings (SSSR count). The van der Waals surface area contributed by atoms with Gasteiger partial charge in [-0.25, -0.2) is 15.8 Å². The summed E-state index contributed by atoms with van der Waals surface area (Å²) in [7, 11) is 4.34. The summed E-state index contributed by atoms with van der Waals surface area (Å²) < 4.78 is 5.47. The summed E-state index contributed by atoms with van der Waals surface area (Å²) in [5.74, 6) is 7.19. The number of nitrogen functional groups attached to an aromatic ring is 1. The largest absolute Gasteiger partial charge is 0.376 e. The molecule has 1 atom stereocenters. The fourth-order valence-corrected chi connectivity index (χ4v) is 3.03. The van der Waals surface area contributed by atoms with Crippen LogP contribution in [0.2, 0.25) is 0 Å². The van der Waals surface area contributed by atoms with Crippen molar-refractivity contribution in [3.63, 3.8) is 0 Å². The van der Waals surface area contributed by atoms with Gasteiger partial charge in [0, 0.05) is 44.1 Å². The first-order valence-corrected chi connectivity index (χ1v) is 7.49. The zero-order chi connectivity index (χ0) is 14.8. The summed E-state index contributed by atoms with van der Waals surface area (Å²) in [4.78, 5) is 14.1. The lowest BCUT2D eigenvalue weighted by molar-refractivity contribution is 0.107. The molecule has 0 bridgehead atoms. The van der Waals surface area contributed by atoms with Crippen molar-refractivity contribution in [1.29, 1.82) is 0 Å². The van der Waals surface area contributed by atoms with E-state index in [2.05, 4.69) is 34.3 Å². The molecular formula is C14H24N6O. The lowest BCUT2D eigenvalue weighted by Gasteiger charge is -2.37. The summed E-state index contributed by atoms with van der Waals surface area (Å²) >= 11 is 0. The number of likely N-dealkylation sites (N-methyl/N-ethyl adjacent to an activating group) is 2. The van der Waals surface area contributed by atoms with Gasteiger partial charge in [0.05, 0.1) is 18.9 Å². The van der Waals surface area contributed by atoms with E-state index < -0.39 is 0 Å². The third kappa shape index (κ3) is 3.16. The van der Waals surface area contributed by atoms with Crippen molar-refractivity contribution in [2.24, 2.45) is 5.84 Å². The SMILES string of the molecule is CN1CCN(C)C(Cc2nc3c(c(NN)n2)COCC3)C1. The number of hydrazine groups is 1. The smallest absolute Gasteiger partial charge is 0.149 e. The molecule has 1 aromatic heterocycles. The number of nitrogens with one attached hydrogen (secondary N) is 1. The minimum Gasteiger partial charge on any atom is -0.376 e. The van der Waals surface area contributed by atoms with Crippen LogP contribution >= 0.6 is 0 Å². The summed E-state index contributed by atoms with van der Waals surface area (Å²) in [5, 5.41) is 0. The van der Waals surface area contributed by atoms with Crippen LogP contribution in [0.25, 0.3) is 0 Å². The van der Waals surface area contributed by atoms with Crippen LogP contribution in [-0.4, -0.2) is 66.1 Å². The Morgan fingerprint density at radius 1 is 1.33 bits per heavy atom. The molecule has 7 heteroatoms. The highest BCUT2D eigenvalue weighted by molar-refractivity contribution is 5.46. The van der Waals surface area contributed by atoms with E-state index in [0.717, 1.165) is 56.2 Å². The Morgan fingerprint density at radius 3 is 3.00 bits per heavy atom. The first kappa shape index (κ1) is 14.6. The van der Waals surface area contributed by atoms with Gasteiger partial charge in [0.1, 0.15) is 11.6 Å². The van der Waals surface area contributed by atoms with Crippen molar-refractivity contribution in [2.45, 2.75) is 25.5 Å². The molecule has 0 saturated carbocycles. The fourth-order valence-electron chi connectivity index (χ4n) is 3.03. The normalized spacial score (nSPS) is 23.9. The number of aromatic nitrogens is 2. The first-order valence-electron chi connectivity index (χ1n) is 7.49. The Hall–Kier alpha value is -1.28. The second kappa shape index (κ2) is 6.23. The molecule has 1 aromatic rings. The highest BCUT2D eigenvalue weighted by Gasteiger charge is 2.25. The third-order valence-corrected chi connectivity index (χ3v) is 4.40. The van der Waals surface area contributed by atoms with Gasteiger partial charge in [0.25, 0.3) is 0 Å². The van der Waals surface area contributed by atoms with Crippen LogP contribution in [0.15, 0.2) is 0 Å². The number of nitrogens with two attached hydrogens (primary N) is 1. The Morgan fingerprint density at radius 2 is 2.19 bits per heavy atom. The Labute approximate surface area is 125 Å². The van der Waals surface area contributed by atoms with Crippen LogP contribution in [0.5, 0.6) is 0 Å². The quantitative estimate of drug-likeness (QED) is 0.581. The van der Waals surface area contributed by atoms with Crippen molar-refractivity contribution in [1.82, 2.24) is 19.8 Å². The van der Waals surface area contributed by atoms with Crippen molar-refractivity contribution >= 4 is 5.82 Å². The fraction of sp³-hybridized carbons (Fsp3) is 0.714. The van der Waals surface area contributed by atoms with Gasteiger partial charge in [-0.1, -0.05) is 0 Å². The average molecular weight is 292 g/mol. The van der Waals surface area contributed by atoms with E-state index in [9.17, 15) is 0 Å². The topological polar surface area (TPSA) is 79.5 Å². The zero-order valence-corrected chi connectivity index (χ0v) is 12.8. The van der Waals surface area contributed by atoms with Crippen LogP contribution < -0.4 is 11.3 Å². The van der Waals surface area contributed by atoms with Crippen LogP contribution in [0.1, 0.15) is 17.1 Å². The van der Waals surface area contributed by atoms with Gasteiger partial charge < -0.3 is 20.0 Å². The van der Waals surface area contributed by atoms with E-state index in [-0.39, 0.29) is 0 Å². The molecule has 1 unspecified atom stereocenters. The monoisotopic (exact) mass is 292 g/mol. The number of ether oxygens (including phenoxy) is 1. The molecule has 7 nitrogen and oxygen atoms in total. The first-order chi connectivity index (χ1) is 10.2. The number of hydrogen-bond acceptors (Lipinski definition) is 7. The van der Waals surface area contributed by atoms with Crippen molar-refractivity contribution < 1.29 is 4.74 Å². The maximum atomic E-state index is 5.61. The number of nitrogens with zero attached hydrogens (tertiary/aromatic N) is 4. The van der Waals surface area contributed by atoms with Gasteiger partial charge in [-0.2, -0.15) is 0 Å². The van der Waals surface area contributed by atoms with Crippen LogP contribution in [0, 0.1) is 0 Å². The lowest BCUT2D eigenvalue weighted by atomic mass is 10.1. The van der Waals surface area contributed by atoms with Gasteiger partial charge in [-0.15, -0.1) is 0 Å². The molecule has 3 N–H and O–H groups in total. The number of anilines is 1. The maximum absolute atomic E-state index is 5.61. The molecule has 116 valence electrons. The molecule has 0 spiro atoms. The predicted molar refractivity (Wildman–Crippen MR) is 80.8 cm³/mol. The van der Waals surface area contributed by atoms with Crippen molar-refractivity contribution in [3.05, 3.63) is 17.1 Å². The van der Waals surface area contributed by atoms with Gasteiger partial charge in [0.2, 0.25) is 0 Å². The predicted octanol–water partition coefficient (Wildman–Crippen LogP) is -0.377. The maximum Gasteiger partial charge on any atom is 0.149 e. The molecule has 0 radical (unpaired) electrons. The number of hydrogen-bond donors (Lipinski definition) is 2. The van der Waals surface area contributed by atoms with E-state index in [1.807, 2.05) is 0 Å². The van der Waals surface area contributed by atoms with Crippen LogP contribution in [0.3, 0.4) is 0 Å². The van der Waals surface area contributed by atoms with E-state index in [1.165, 1.54) is 0 Å². The van der Waals surface area contributed by atoms with E-state index >= 15 is 0 Å². The Balaban J connectivity index is 1.81. The lowest BCUT2D eigenvalue weighted by Crippen LogP contribution is -2.51. The van der Waals surface area contributed by atoms with Gasteiger partial charge in [-0.3, -0.25) is 0 Å². The number of fused-ring (bicyclic) bond motifs is 1. The third-order valence-electron chi connectivity index (χ3n) is 4.40. The minimum atomic E-state index is 0.451. The van der Waals surface area contributed by atoms with E-state index in [4.69, 9.17) is 15.6 Å². The standard InChI is InChI=1S/C14H24N6O/c1-19-4-5-20(2)10(8-19)7-13-16-12-3-6-21-9-11(12)14(17-13)18-15/h10H,3-9,15H2,1-2H3,(H,16,17,18). The van der Waals surface area contributed by atoms with Crippen molar-refractivity contribution in [3.8, 4) is 0 Å². The molecule has 2 aliphatic heterocycles. The average Bonchev–Trinajstić information content (AvgIpc) is 2.50. The highest BCUT2D eigenvalue weighted by atomic mass is 16.5.